The van der Waals surface area contributed by atoms with Gasteiger partial charge >= 0.3 is 0 Å². The van der Waals surface area contributed by atoms with Crippen LogP contribution in [0.4, 0.5) is 8.78 Å². The van der Waals surface area contributed by atoms with E-state index in [2.05, 4.69) is 19.8 Å². The Morgan fingerprint density at radius 1 is 1.23 bits per heavy atom. The van der Waals surface area contributed by atoms with E-state index >= 15 is 0 Å². The van der Waals surface area contributed by atoms with Crippen molar-refractivity contribution in [3.8, 4) is 0 Å². The number of imidazole rings is 1. The molecule has 0 bridgehead atoms. The standard InChI is InChI=1S/C20H24F2N4O.CH2O2/c21-17-5-4-14(10-18(17)22)13-25-7-6-19-23-11-16(26(19)9-8-25)12-24-20(27)15-2-1-3-15;2-1-3/h4-5,10-11,15H,1-3,6-9,12-13H2,(H,24,27);1H,(H,2,3). The highest BCUT2D eigenvalue weighted by molar-refractivity contribution is 5.79. The van der Waals surface area contributed by atoms with Crippen molar-refractivity contribution in [3.63, 3.8) is 0 Å². The van der Waals surface area contributed by atoms with Gasteiger partial charge in [-0.05, 0) is 30.5 Å². The number of hydrogen-bond donors (Lipinski definition) is 2. The molecule has 1 amide bonds. The number of benzene rings is 1. The second-order valence-corrected chi connectivity index (χ2v) is 7.54. The Morgan fingerprint density at radius 2 is 2.00 bits per heavy atom. The monoisotopic (exact) mass is 420 g/mol. The van der Waals surface area contributed by atoms with E-state index in [0.29, 0.717) is 13.1 Å². The third-order valence-electron chi connectivity index (χ3n) is 5.62. The van der Waals surface area contributed by atoms with Crippen molar-refractivity contribution in [1.82, 2.24) is 19.8 Å². The molecule has 1 aromatic heterocycles. The summed E-state index contributed by atoms with van der Waals surface area (Å²) in [7, 11) is 0. The Hall–Kier alpha value is -2.81. The molecule has 0 unspecified atom stereocenters. The van der Waals surface area contributed by atoms with Crippen LogP contribution in [-0.2, 0) is 35.6 Å². The first-order valence-corrected chi connectivity index (χ1v) is 10.1. The van der Waals surface area contributed by atoms with Crippen molar-refractivity contribution >= 4 is 12.4 Å². The van der Waals surface area contributed by atoms with Gasteiger partial charge in [0.15, 0.2) is 11.6 Å². The third-order valence-corrected chi connectivity index (χ3v) is 5.62. The third kappa shape index (κ3) is 5.41. The Morgan fingerprint density at radius 3 is 2.67 bits per heavy atom. The van der Waals surface area contributed by atoms with Crippen LogP contribution < -0.4 is 5.32 Å². The average molecular weight is 420 g/mol. The fourth-order valence-corrected chi connectivity index (χ4v) is 3.73. The van der Waals surface area contributed by atoms with Crippen LogP contribution in [0.3, 0.4) is 0 Å². The second-order valence-electron chi connectivity index (χ2n) is 7.54. The highest BCUT2D eigenvalue weighted by Crippen LogP contribution is 2.26. The summed E-state index contributed by atoms with van der Waals surface area (Å²) in [5.41, 5.74) is 1.79. The van der Waals surface area contributed by atoms with E-state index in [1.807, 2.05) is 6.20 Å². The lowest BCUT2D eigenvalue weighted by Gasteiger charge is -2.24. The van der Waals surface area contributed by atoms with E-state index < -0.39 is 11.6 Å². The molecule has 0 spiro atoms. The highest BCUT2D eigenvalue weighted by Gasteiger charge is 2.25. The van der Waals surface area contributed by atoms with Crippen molar-refractivity contribution < 1.29 is 23.5 Å². The molecule has 2 heterocycles. The molecule has 2 aliphatic rings. The minimum atomic E-state index is -0.816. The number of rotatable bonds is 5. The van der Waals surface area contributed by atoms with Crippen LogP contribution in [0.25, 0.3) is 0 Å². The Bertz CT molecular complexity index is 883. The van der Waals surface area contributed by atoms with E-state index in [1.165, 1.54) is 12.1 Å². The van der Waals surface area contributed by atoms with Gasteiger partial charge in [-0.15, -0.1) is 0 Å². The SMILES string of the molecule is O=C(NCc1cnc2n1CCN(Cc1ccc(F)c(F)c1)CC2)C1CCC1.O=CO. The van der Waals surface area contributed by atoms with Crippen LogP contribution in [-0.4, -0.2) is 45.0 Å². The molecule has 2 N–H and O–H groups in total. The number of nitrogens with zero attached hydrogens (tertiary/aromatic N) is 3. The van der Waals surface area contributed by atoms with Crippen molar-refractivity contribution in [2.45, 2.75) is 45.3 Å². The summed E-state index contributed by atoms with van der Waals surface area (Å²) in [6.07, 6.45) is 5.78. The molecule has 162 valence electrons. The molecule has 4 rings (SSSR count). The van der Waals surface area contributed by atoms with Gasteiger partial charge in [-0.25, -0.2) is 13.8 Å². The number of carbonyl (C=O) groups is 2. The molecule has 7 nitrogen and oxygen atoms in total. The van der Waals surface area contributed by atoms with E-state index in [1.54, 1.807) is 6.07 Å². The largest absolute Gasteiger partial charge is 0.483 e. The van der Waals surface area contributed by atoms with Gasteiger partial charge in [0.25, 0.3) is 6.47 Å². The molecule has 1 aliphatic carbocycles. The molecule has 0 saturated heterocycles. The smallest absolute Gasteiger partial charge is 0.290 e. The van der Waals surface area contributed by atoms with Crippen LogP contribution in [0.5, 0.6) is 0 Å². The van der Waals surface area contributed by atoms with Crippen molar-refractivity contribution in [3.05, 3.63) is 53.1 Å². The number of aromatic nitrogens is 2. The van der Waals surface area contributed by atoms with E-state index in [9.17, 15) is 13.6 Å². The van der Waals surface area contributed by atoms with E-state index in [0.717, 1.165) is 62.4 Å². The number of carboxylic acid groups (broad SMARTS) is 1. The molecule has 1 aromatic carbocycles. The van der Waals surface area contributed by atoms with Gasteiger partial charge in [-0.3, -0.25) is 14.5 Å². The first kappa shape index (κ1) is 21.9. The van der Waals surface area contributed by atoms with Crippen LogP contribution in [0.2, 0.25) is 0 Å². The second kappa shape index (κ2) is 10.3. The predicted molar refractivity (Wildman–Crippen MR) is 105 cm³/mol. The molecule has 9 heteroatoms. The van der Waals surface area contributed by atoms with Crippen molar-refractivity contribution in [2.75, 3.05) is 13.1 Å². The number of fused-ring (bicyclic) bond motifs is 1. The average Bonchev–Trinajstić information content (AvgIpc) is 2.95. The first-order chi connectivity index (χ1) is 14.5. The molecule has 2 aromatic rings. The summed E-state index contributed by atoms with van der Waals surface area (Å²) in [5, 5.41) is 9.92. The van der Waals surface area contributed by atoms with Gasteiger partial charge in [0.1, 0.15) is 5.82 Å². The maximum Gasteiger partial charge on any atom is 0.290 e. The predicted octanol–water partition coefficient (Wildman–Crippen LogP) is 2.34. The quantitative estimate of drug-likeness (QED) is 0.725. The summed E-state index contributed by atoms with van der Waals surface area (Å²) in [5.74, 6) is -0.285. The van der Waals surface area contributed by atoms with Gasteiger partial charge in [0.2, 0.25) is 5.91 Å². The lowest BCUT2D eigenvalue weighted by molar-refractivity contribution is -0.127. The molecule has 0 atom stereocenters. The van der Waals surface area contributed by atoms with Crippen LogP contribution in [0, 0.1) is 17.6 Å². The molecular weight excluding hydrogens is 394 g/mol. The van der Waals surface area contributed by atoms with Gasteiger partial charge in [-0.2, -0.15) is 0 Å². The van der Waals surface area contributed by atoms with E-state index in [4.69, 9.17) is 9.90 Å². The zero-order chi connectivity index (χ0) is 21.5. The Balaban J connectivity index is 0.000000806. The van der Waals surface area contributed by atoms with Gasteiger partial charge in [0.05, 0.1) is 18.4 Å². The summed E-state index contributed by atoms with van der Waals surface area (Å²) in [4.78, 5) is 27.2. The molecular formula is C21H26F2N4O3. The molecule has 0 radical (unpaired) electrons. The van der Waals surface area contributed by atoms with Gasteiger partial charge in [-0.1, -0.05) is 12.5 Å². The van der Waals surface area contributed by atoms with Gasteiger partial charge in [0, 0.05) is 38.5 Å². The molecule has 30 heavy (non-hydrogen) atoms. The van der Waals surface area contributed by atoms with Gasteiger partial charge < -0.3 is 15.0 Å². The topological polar surface area (TPSA) is 87.5 Å². The zero-order valence-corrected chi connectivity index (χ0v) is 16.7. The maximum absolute atomic E-state index is 13.4. The van der Waals surface area contributed by atoms with Crippen LogP contribution in [0.15, 0.2) is 24.4 Å². The highest BCUT2D eigenvalue weighted by atomic mass is 19.2. The number of carbonyl (C=O) groups excluding carboxylic acids is 1. The summed E-state index contributed by atoms with van der Waals surface area (Å²) in [6, 6.07) is 4.07. The zero-order valence-electron chi connectivity index (χ0n) is 16.7. The minimum absolute atomic E-state index is 0.144. The number of amides is 1. The number of hydrogen-bond acceptors (Lipinski definition) is 4. The Labute approximate surface area is 173 Å². The van der Waals surface area contributed by atoms with E-state index in [-0.39, 0.29) is 18.3 Å². The first-order valence-electron chi connectivity index (χ1n) is 10.1. The lowest BCUT2D eigenvalue weighted by Crippen LogP contribution is -2.34. The van der Waals surface area contributed by atoms with Crippen molar-refractivity contribution in [2.24, 2.45) is 5.92 Å². The van der Waals surface area contributed by atoms with Crippen molar-refractivity contribution in [1.29, 1.82) is 0 Å². The number of nitrogens with one attached hydrogen (secondary N) is 1. The summed E-state index contributed by atoms with van der Waals surface area (Å²) >= 11 is 0. The molecule has 1 fully saturated rings. The lowest BCUT2D eigenvalue weighted by atomic mass is 9.85. The molecule has 1 saturated carbocycles. The fourth-order valence-electron chi connectivity index (χ4n) is 3.73. The molecule has 1 aliphatic heterocycles. The maximum atomic E-state index is 13.4. The fraction of sp³-hybridized carbons (Fsp3) is 0.476. The number of halogens is 2. The summed E-state index contributed by atoms with van der Waals surface area (Å²) < 4.78 is 28.7. The van der Waals surface area contributed by atoms with Crippen LogP contribution >= 0.6 is 0 Å². The summed E-state index contributed by atoms with van der Waals surface area (Å²) in [6.45, 7) is 3.21. The van der Waals surface area contributed by atoms with Crippen LogP contribution in [0.1, 0.15) is 36.3 Å². The normalized spacial score (nSPS) is 16.5. The minimum Gasteiger partial charge on any atom is -0.483 e. The Kier molecular flexibility index (Phi) is 7.51.